The molecule has 4 heteroatoms. The monoisotopic (exact) mass is 209 g/mol. The summed E-state index contributed by atoms with van der Waals surface area (Å²) in [7, 11) is 0. The van der Waals surface area contributed by atoms with Crippen LogP contribution in [0.4, 0.5) is 5.69 Å². The van der Waals surface area contributed by atoms with E-state index in [0.29, 0.717) is 17.6 Å². The molecule has 2 N–H and O–H groups in total. The fourth-order valence-electron chi connectivity index (χ4n) is 2.26. The smallest absolute Gasteiger partial charge is 0.163 e. The van der Waals surface area contributed by atoms with Crippen LogP contribution in [0.15, 0.2) is 10.7 Å². The summed E-state index contributed by atoms with van der Waals surface area (Å²) in [4.78, 5) is 2.47. The summed E-state index contributed by atoms with van der Waals surface area (Å²) >= 11 is 0. The molecule has 0 radical (unpaired) electrons. The van der Waals surface area contributed by atoms with Gasteiger partial charge in [-0.15, -0.1) is 0 Å². The number of anilines is 1. The number of aromatic nitrogens is 1. The van der Waals surface area contributed by atoms with Gasteiger partial charge in [-0.2, -0.15) is 0 Å². The number of rotatable bonds is 2. The predicted octanol–water partition coefficient (Wildman–Crippen LogP) is 1.84. The van der Waals surface area contributed by atoms with Gasteiger partial charge in [-0.05, 0) is 33.2 Å². The minimum Gasteiger partial charge on any atom is -0.395 e. The third-order valence-corrected chi connectivity index (χ3v) is 3.18. The average Bonchev–Trinajstić information content (AvgIpc) is 2.64. The maximum absolute atomic E-state index is 5.82. The van der Waals surface area contributed by atoms with E-state index in [1.807, 2.05) is 0 Å². The Labute approximate surface area is 90.4 Å². The Morgan fingerprint density at radius 2 is 2.40 bits per heavy atom. The topological polar surface area (TPSA) is 55.3 Å². The van der Waals surface area contributed by atoms with Crippen molar-refractivity contribution in [2.45, 2.75) is 38.6 Å². The minimum absolute atomic E-state index is 0.420. The van der Waals surface area contributed by atoms with E-state index in [1.54, 1.807) is 6.20 Å². The second-order valence-corrected chi connectivity index (χ2v) is 4.57. The van der Waals surface area contributed by atoms with Crippen LogP contribution in [0.25, 0.3) is 0 Å². The average molecular weight is 209 g/mol. The number of piperidine rings is 1. The van der Waals surface area contributed by atoms with Gasteiger partial charge in [-0.1, -0.05) is 5.16 Å². The fourth-order valence-corrected chi connectivity index (χ4v) is 2.26. The second-order valence-electron chi connectivity index (χ2n) is 4.57. The Kier molecular flexibility index (Phi) is 2.95. The minimum atomic E-state index is 0.420. The maximum atomic E-state index is 5.82. The van der Waals surface area contributed by atoms with Crippen LogP contribution in [-0.2, 0) is 0 Å². The number of likely N-dealkylation sites (tertiary alicyclic amines) is 1. The number of hydrogen-bond donors (Lipinski definition) is 1. The summed E-state index contributed by atoms with van der Waals surface area (Å²) < 4.78 is 5.23. The molecule has 0 aromatic carbocycles. The van der Waals surface area contributed by atoms with Crippen molar-refractivity contribution in [3.05, 3.63) is 12.0 Å². The second kappa shape index (κ2) is 4.23. The molecule has 4 nitrogen and oxygen atoms in total. The molecular weight excluding hydrogens is 190 g/mol. The zero-order valence-electron chi connectivity index (χ0n) is 9.44. The van der Waals surface area contributed by atoms with E-state index in [9.17, 15) is 0 Å². The van der Waals surface area contributed by atoms with E-state index in [-0.39, 0.29) is 0 Å². The van der Waals surface area contributed by atoms with Gasteiger partial charge in [-0.3, -0.25) is 0 Å². The lowest BCUT2D eigenvalue weighted by Gasteiger charge is -2.34. The SMILES string of the molecule is CC(C)N1CCCC(c2oncc2N)C1. The first-order chi connectivity index (χ1) is 7.18. The van der Waals surface area contributed by atoms with Crippen LogP contribution in [0.1, 0.15) is 38.4 Å². The van der Waals surface area contributed by atoms with Crippen molar-refractivity contribution in [2.24, 2.45) is 0 Å². The Hall–Kier alpha value is -1.03. The molecule has 2 heterocycles. The first-order valence-electron chi connectivity index (χ1n) is 5.62. The molecule has 0 aliphatic carbocycles. The van der Waals surface area contributed by atoms with E-state index >= 15 is 0 Å². The van der Waals surface area contributed by atoms with Crippen molar-refractivity contribution in [3.63, 3.8) is 0 Å². The molecule has 1 saturated heterocycles. The van der Waals surface area contributed by atoms with Gasteiger partial charge < -0.3 is 15.2 Å². The predicted molar refractivity (Wildman–Crippen MR) is 59.6 cm³/mol. The van der Waals surface area contributed by atoms with Crippen LogP contribution in [0.3, 0.4) is 0 Å². The Morgan fingerprint density at radius 1 is 1.60 bits per heavy atom. The molecular formula is C11H19N3O. The van der Waals surface area contributed by atoms with Crippen molar-refractivity contribution in [3.8, 4) is 0 Å². The molecule has 1 fully saturated rings. The summed E-state index contributed by atoms with van der Waals surface area (Å²) in [5, 5.41) is 3.75. The van der Waals surface area contributed by atoms with Crippen molar-refractivity contribution in [1.82, 2.24) is 10.1 Å². The van der Waals surface area contributed by atoms with Crippen LogP contribution in [-0.4, -0.2) is 29.2 Å². The van der Waals surface area contributed by atoms with Gasteiger partial charge in [0, 0.05) is 18.5 Å². The zero-order valence-corrected chi connectivity index (χ0v) is 9.44. The van der Waals surface area contributed by atoms with Gasteiger partial charge in [0.1, 0.15) is 0 Å². The molecule has 0 amide bonds. The standard InChI is InChI=1S/C11H19N3O/c1-8(2)14-5-3-4-9(7-14)11-10(12)6-13-15-11/h6,8-9H,3-5,7,12H2,1-2H3. The molecule has 0 spiro atoms. The third-order valence-electron chi connectivity index (χ3n) is 3.18. The van der Waals surface area contributed by atoms with Crippen LogP contribution >= 0.6 is 0 Å². The highest BCUT2D eigenvalue weighted by Crippen LogP contribution is 2.30. The highest BCUT2D eigenvalue weighted by atomic mass is 16.5. The maximum Gasteiger partial charge on any atom is 0.163 e. The van der Waals surface area contributed by atoms with E-state index in [0.717, 1.165) is 18.7 Å². The molecule has 84 valence electrons. The lowest BCUT2D eigenvalue weighted by Crippen LogP contribution is -2.39. The van der Waals surface area contributed by atoms with E-state index < -0.39 is 0 Å². The Balaban J connectivity index is 2.08. The molecule has 1 unspecified atom stereocenters. The summed E-state index contributed by atoms with van der Waals surface area (Å²) in [5.41, 5.74) is 6.52. The van der Waals surface area contributed by atoms with E-state index in [4.69, 9.17) is 10.3 Å². The summed E-state index contributed by atoms with van der Waals surface area (Å²) in [6.07, 6.45) is 3.97. The molecule has 2 rings (SSSR count). The molecule has 1 aromatic heterocycles. The fraction of sp³-hybridized carbons (Fsp3) is 0.727. The molecule has 1 aliphatic rings. The molecule has 15 heavy (non-hydrogen) atoms. The number of hydrogen-bond acceptors (Lipinski definition) is 4. The van der Waals surface area contributed by atoms with Crippen LogP contribution in [0.2, 0.25) is 0 Å². The molecule has 0 bridgehead atoms. The Morgan fingerprint density at radius 3 is 3.00 bits per heavy atom. The van der Waals surface area contributed by atoms with Gasteiger partial charge >= 0.3 is 0 Å². The van der Waals surface area contributed by atoms with Crippen LogP contribution in [0.5, 0.6) is 0 Å². The first kappa shape index (κ1) is 10.5. The van der Waals surface area contributed by atoms with Crippen molar-refractivity contribution >= 4 is 5.69 Å². The van der Waals surface area contributed by atoms with Crippen molar-refractivity contribution in [2.75, 3.05) is 18.8 Å². The van der Waals surface area contributed by atoms with Crippen molar-refractivity contribution < 1.29 is 4.52 Å². The van der Waals surface area contributed by atoms with Gasteiger partial charge in [0.05, 0.1) is 11.9 Å². The quantitative estimate of drug-likeness (QED) is 0.807. The third kappa shape index (κ3) is 2.15. The van der Waals surface area contributed by atoms with Crippen LogP contribution in [0, 0.1) is 0 Å². The molecule has 1 aromatic rings. The lowest BCUT2D eigenvalue weighted by molar-refractivity contribution is 0.155. The highest BCUT2D eigenvalue weighted by molar-refractivity contribution is 5.40. The first-order valence-corrected chi connectivity index (χ1v) is 5.62. The number of nitrogen functional groups attached to an aromatic ring is 1. The van der Waals surface area contributed by atoms with E-state index in [2.05, 4.69) is 23.9 Å². The van der Waals surface area contributed by atoms with Gasteiger partial charge in [0.2, 0.25) is 0 Å². The summed E-state index contributed by atoms with van der Waals surface area (Å²) in [6, 6.07) is 0.594. The van der Waals surface area contributed by atoms with Crippen LogP contribution < -0.4 is 5.73 Å². The normalized spacial score (nSPS) is 23.5. The number of nitrogens with zero attached hydrogens (tertiary/aromatic N) is 2. The molecule has 1 aliphatic heterocycles. The number of nitrogens with two attached hydrogens (primary N) is 1. The van der Waals surface area contributed by atoms with Crippen molar-refractivity contribution in [1.29, 1.82) is 0 Å². The lowest BCUT2D eigenvalue weighted by atomic mass is 9.94. The van der Waals surface area contributed by atoms with Gasteiger partial charge in [0.25, 0.3) is 0 Å². The highest BCUT2D eigenvalue weighted by Gasteiger charge is 2.26. The van der Waals surface area contributed by atoms with E-state index in [1.165, 1.54) is 13.0 Å². The summed E-state index contributed by atoms with van der Waals surface area (Å²) in [6.45, 7) is 6.68. The van der Waals surface area contributed by atoms with Gasteiger partial charge in [-0.25, -0.2) is 0 Å². The van der Waals surface area contributed by atoms with Gasteiger partial charge in [0.15, 0.2) is 5.76 Å². The Bertz CT molecular complexity index is 321. The summed E-state index contributed by atoms with van der Waals surface area (Å²) in [5.74, 6) is 1.30. The largest absolute Gasteiger partial charge is 0.395 e. The molecule has 0 saturated carbocycles. The molecule has 1 atom stereocenters. The zero-order chi connectivity index (χ0) is 10.8.